The summed E-state index contributed by atoms with van der Waals surface area (Å²) in [6, 6.07) is 35.7. The summed E-state index contributed by atoms with van der Waals surface area (Å²) in [5, 5.41) is 4.86. The van der Waals surface area contributed by atoms with Crippen molar-refractivity contribution in [3.05, 3.63) is 143 Å². The molecule has 57 heavy (non-hydrogen) atoms. The van der Waals surface area contributed by atoms with E-state index in [9.17, 15) is 14.4 Å². The van der Waals surface area contributed by atoms with Crippen LogP contribution in [0.2, 0.25) is 0 Å². The van der Waals surface area contributed by atoms with E-state index in [1.807, 2.05) is 82.9 Å². The zero-order valence-electron chi connectivity index (χ0n) is 32.6. The van der Waals surface area contributed by atoms with Gasteiger partial charge in [0.1, 0.15) is 16.1 Å². The van der Waals surface area contributed by atoms with Crippen LogP contribution in [0.1, 0.15) is 73.1 Å². The largest absolute Gasteiger partial charge is 0.340 e. The van der Waals surface area contributed by atoms with Crippen LogP contribution >= 0.6 is 22.7 Å². The van der Waals surface area contributed by atoms with Gasteiger partial charge in [-0.3, -0.25) is 14.4 Å². The molecule has 1 aliphatic carbocycles. The highest BCUT2D eigenvalue weighted by atomic mass is 32.1. The Hall–Kier alpha value is -5.45. The third kappa shape index (κ3) is 10.1. The van der Waals surface area contributed by atoms with Crippen molar-refractivity contribution < 1.29 is 14.4 Å². The van der Waals surface area contributed by atoms with Crippen LogP contribution in [0.4, 0.5) is 0 Å². The van der Waals surface area contributed by atoms with Crippen LogP contribution in [0.5, 0.6) is 0 Å². The molecule has 7 rings (SSSR count). The summed E-state index contributed by atoms with van der Waals surface area (Å²) in [7, 11) is 0. The average Bonchev–Trinajstić information content (AvgIpc) is 3.90. The van der Waals surface area contributed by atoms with Gasteiger partial charge in [0.15, 0.2) is 0 Å². The number of rotatable bonds is 17. The van der Waals surface area contributed by atoms with Gasteiger partial charge in [0.25, 0.3) is 0 Å². The lowest BCUT2D eigenvalue weighted by Crippen LogP contribution is -2.45. The van der Waals surface area contributed by atoms with Crippen molar-refractivity contribution >= 4 is 40.4 Å². The summed E-state index contributed by atoms with van der Waals surface area (Å²) in [5.74, 6) is -0.0332. The van der Waals surface area contributed by atoms with Gasteiger partial charge in [0, 0.05) is 31.4 Å². The predicted octanol–water partition coefficient (Wildman–Crippen LogP) is 9.98. The number of carbonyl (C=O) groups is 3. The Balaban J connectivity index is 0.980. The van der Waals surface area contributed by atoms with Crippen LogP contribution in [-0.4, -0.2) is 50.6 Å². The van der Waals surface area contributed by atoms with E-state index in [2.05, 4.69) is 72.7 Å². The maximum absolute atomic E-state index is 14.1. The fraction of sp³-hybridized carbons (Fsp3) is 0.298. The molecule has 0 saturated heterocycles. The molecule has 292 valence electrons. The van der Waals surface area contributed by atoms with Gasteiger partial charge < -0.3 is 15.1 Å². The summed E-state index contributed by atoms with van der Waals surface area (Å²) in [4.78, 5) is 55.5. The number of nitrogens with zero attached hydrogens (tertiary/aromatic N) is 4. The van der Waals surface area contributed by atoms with Crippen molar-refractivity contribution in [3.8, 4) is 32.0 Å². The number of amides is 3. The van der Waals surface area contributed by atoms with E-state index in [0.717, 1.165) is 85.3 Å². The van der Waals surface area contributed by atoms with Gasteiger partial charge in [-0.2, -0.15) is 0 Å². The van der Waals surface area contributed by atoms with Gasteiger partial charge in [-0.25, -0.2) is 9.97 Å². The van der Waals surface area contributed by atoms with Gasteiger partial charge in [0.05, 0.1) is 29.3 Å². The quantitative estimate of drug-likeness (QED) is 0.0992. The van der Waals surface area contributed by atoms with E-state index >= 15 is 0 Å². The monoisotopic (exact) mass is 795 g/mol. The van der Waals surface area contributed by atoms with E-state index in [1.54, 1.807) is 22.7 Å². The molecule has 4 aromatic carbocycles. The van der Waals surface area contributed by atoms with E-state index in [4.69, 9.17) is 4.98 Å². The Kier molecular flexibility index (Phi) is 13.3. The third-order valence-electron chi connectivity index (χ3n) is 10.4. The zero-order valence-corrected chi connectivity index (χ0v) is 34.2. The molecule has 2 heterocycles. The number of nitrogens with one attached hydrogen (secondary N) is 1. The normalized spacial score (nSPS) is 13.1. The molecule has 1 fully saturated rings. The number of aromatic nitrogens is 2. The van der Waals surface area contributed by atoms with Gasteiger partial charge in [0.2, 0.25) is 17.7 Å². The summed E-state index contributed by atoms with van der Waals surface area (Å²) in [5.41, 5.74) is 6.21. The summed E-state index contributed by atoms with van der Waals surface area (Å²) in [6.45, 7) is 6.32. The molecule has 3 amide bonds. The molecule has 1 aliphatic rings. The van der Waals surface area contributed by atoms with Crippen LogP contribution in [-0.2, 0) is 33.9 Å². The molecule has 10 heteroatoms. The van der Waals surface area contributed by atoms with Crippen molar-refractivity contribution in [2.24, 2.45) is 5.92 Å². The molecule has 2 aromatic heterocycles. The highest BCUT2D eigenvalue weighted by Crippen LogP contribution is 2.33. The topological polar surface area (TPSA) is 95.5 Å². The highest BCUT2D eigenvalue weighted by Gasteiger charge is 2.32. The number of carbonyl (C=O) groups excluding carboxylic acids is 3. The van der Waals surface area contributed by atoms with E-state index < -0.39 is 6.04 Å². The Morgan fingerprint density at radius 1 is 0.667 bits per heavy atom. The Morgan fingerprint density at radius 3 is 1.67 bits per heavy atom. The zero-order chi connectivity index (χ0) is 39.6. The Morgan fingerprint density at radius 2 is 1.16 bits per heavy atom. The molecule has 8 nitrogen and oxygen atoms in total. The predicted molar refractivity (Wildman–Crippen MR) is 230 cm³/mol. The molecule has 0 bridgehead atoms. The van der Waals surface area contributed by atoms with Crippen LogP contribution in [0, 0.1) is 5.92 Å². The number of thiazole rings is 2. The molecule has 1 saturated carbocycles. The lowest BCUT2D eigenvalue weighted by atomic mass is 9.84. The second-order valence-electron chi connectivity index (χ2n) is 14.6. The first-order valence-electron chi connectivity index (χ1n) is 19.9. The summed E-state index contributed by atoms with van der Waals surface area (Å²) in [6.07, 6.45) is 8.70. The minimum Gasteiger partial charge on any atom is -0.340 e. The van der Waals surface area contributed by atoms with Crippen LogP contribution < -0.4 is 5.32 Å². The van der Waals surface area contributed by atoms with Crippen LogP contribution in [0.25, 0.3) is 32.0 Å². The van der Waals surface area contributed by atoms with Gasteiger partial charge in [-0.15, -0.1) is 22.7 Å². The smallest absolute Gasteiger partial charge is 0.250 e. The molecule has 6 aromatic rings. The first kappa shape index (κ1) is 39.8. The molecule has 0 radical (unpaired) electrons. The van der Waals surface area contributed by atoms with Crippen LogP contribution in [0.3, 0.4) is 0 Å². The first-order valence-corrected chi connectivity index (χ1v) is 21.6. The summed E-state index contributed by atoms with van der Waals surface area (Å²) < 4.78 is 0. The minimum atomic E-state index is -0.727. The van der Waals surface area contributed by atoms with Crippen molar-refractivity contribution in [2.45, 2.75) is 71.5 Å². The maximum atomic E-state index is 14.1. The highest BCUT2D eigenvalue weighted by molar-refractivity contribution is 7.15. The fourth-order valence-corrected chi connectivity index (χ4v) is 8.92. The molecule has 1 N–H and O–H groups in total. The van der Waals surface area contributed by atoms with Gasteiger partial charge in [-0.1, -0.05) is 129 Å². The van der Waals surface area contributed by atoms with Crippen molar-refractivity contribution in [1.82, 2.24) is 25.1 Å². The number of hydrogen-bond acceptors (Lipinski definition) is 7. The van der Waals surface area contributed by atoms with Crippen molar-refractivity contribution in [1.29, 1.82) is 0 Å². The molecule has 0 unspecified atom stereocenters. The Labute approximate surface area is 343 Å². The van der Waals surface area contributed by atoms with Crippen molar-refractivity contribution in [2.75, 3.05) is 13.1 Å². The Bertz CT molecular complexity index is 2230. The second-order valence-corrected chi connectivity index (χ2v) is 16.8. The molecular formula is C47H49N5O3S2. The van der Waals surface area contributed by atoms with Crippen LogP contribution in [0.15, 0.2) is 122 Å². The second kappa shape index (κ2) is 19.1. The summed E-state index contributed by atoms with van der Waals surface area (Å²) >= 11 is 3.22. The molecule has 0 aliphatic heterocycles. The lowest BCUT2D eigenvalue weighted by molar-refractivity contribution is -0.139. The van der Waals surface area contributed by atoms with Gasteiger partial charge >= 0.3 is 0 Å². The van der Waals surface area contributed by atoms with E-state index in [-0.39, 0.29) is 23.6 Å². The average molecular weight is 796 g/mol. The first-order chi connectivity index (χ1) is 27.9. The molecule has 0 spiro atoms. The molecule has 1 atom stereocenters. The number of hydrogen-bond donors (Lipinski definition) is 1. The van der Waals surface area contributed by atoms with Gasteiger partial charge in [-0.05, 0) is 59.1 Å². The molecular weight excluding hydrogens is 747 g/mol. The fourth-order valence-electron chi connectivity index (χ4n) is 7.04. The number of benzene rings is 4. The van der Waals surface area contributed by atoms with E-state index in [1.165, 1.54) is 0 Å². The minimum absolute atomic E-state index is 0.00815. The van der Waals surface area contributed by atoms with E-state index in [0.29, 0.717) is 32.6 Å². The SMILES string of the molecule is CCCN(Cc1ncc(-c2ccc(-c3ccc(-c4cnc(CN(CCC)C(=O)[C@@H](NC(=O)C5CCC5)c5ccccc5)s4)cc3)cc2)s1)C(=O)Cc1ccccc1. The standard InChI is InChI=1S/C47H49N5O3S2/c1-3-26-51(44(53)28-33-12-7-5-8-13-33)31-42-48-29-40(56-42)36-22-18-34(19-23-36)35-20-24-37(25-21-35)41-30-49-43(57-41)32-52(27-4-2)47(55)45(38-14-9-6-10-15-38)50-46(54)39-16-11-17-39/h5-10,12-15,18-25,29-30,39,45H,3-4,11,16-17,26-28,31-32H2,1-2H3,(H,50,54)/t45-/m0/s1. The maximum Gasteiger partial charge on any atom is 0.250 e. The lowest BCUT2D eigenvalue weighted by Gasteiger charge is -2.30. The van der Waals surface area contributed by atoms with Crippen molar-refractivity contribution in [3.63, 3.8) is 0 Å². The third-order valence-corrected chi connectivity index (χ3v) is 12.5.